The number of aryl methyl sites for hydroxylation is 1. The maximum Gasteiger partial charge on any atom is 0.185 e. The first-order chi connectivity index (χ1) is 10.2. The lowest BCUT2D eigenvalue weighted by molar-refractivity contribution is -0.113. The summed E-state index contributed by atoms with van der Waals surface area (Å²) in [6.07, 6.45) is 1.51. The average molecular weight is 337 g/mol. The molecule has 0 bridgehead atoms. The molecule has 0 aromatic heterocycles. The first kappa shape index (κ1) is 16.8. The molecule has 118 valence electrons. The van der Waals surface area contributed by atoms with Crippen LogP contribution in [0.5, 0.6) is 0 Å². The standard InChI is InChI=1S/C16H19NO3S2/c1-11-5-7-13(8-6-11)21-14-10-22(19,20)15(9-17(3)4)16(14)12(2)18/h5-9H,10H2,1-4H3. The van der Waals surface area contributed by atoms with Gasteiger partial charge in [0.15, 0.2) is 15.6 Å². The summed E-state index contributed by atoms with van der Waals surface area (Å²) in [4.78, 5) is 15.3. The molecule has 0 aliphatic carbocycles. The molecule has 4 nitrogen and oxygen atoms in total. The quantitative estimate of drug-likeness (QED) is 0.845. The zero-order valence-corrected chi connectivity index (χ0v) is 14.7. The molecule has 1 aliphatic rings. The topological polar surface area (TPSA) is 54.5 Å². The molecule has 0 unspecified atom stereocenters. The second-order valence-corrected chi connectivity index (χ2v) is 8.61. The molecule has 0 saturated heterocycles. The SMILES string of the molecule is CC(=O)C1=C(Sc2ccc(C)cc2)CS(=O)(=O)C1=CN(C)C. The second kappa shape index (κ2) is 6.30. The minimum Gasteiger partial charge on any atom is -0.382 e. The fraction of sp³-hybridized carbons (Fsp3) is 0.312. The van der Waals surface area contributed by atoms with E-state index >= 15 is 0 Å². The number of sulfone groups is 1. The van der Waals surface area contributed by atoms with E-state index in [0.717, 1.165) is 10.5 Å². The fourth-order valence-electron chi connectivity index (χ4n) is 2.19. The summed E-state index contributed by atoms with van der Waals surface area (Å²) in [6.45, 7) is 3.40. The van der Waals surface area contributed by atoms with Gasteiger partial charge >= 0.3 is 0 Å². The maximum atomic E-state index is 12.4. The Kier molecular flexibility index (Phi) is 4.82. The Morgan fingerprint density at radius 2 is 1.82 bits per heavy atom. The van der Waals surface area contributed by atoms with Gasteiger partial charge in [0.25, 0.3) is 0 Å². The summed E-state index contributed by atoms with van der Waals surface area (Å²) in [5.74, 6) is -0.330. The predicted octanol–water partition coefficient (Wildman–Crippen LogP) is 2.76. The highest BCUT2D eigenvalue weighted by molar-refractivity contribution is 8.05. The molecule has 22 heavy (non-hydrogen) atoms. The van der Waals surface area contributed by atoms with Crippen molar-refractivity contribution >= 4 is 27.4 Å². The van der Waals surface area contributed by atoms with Crippen LogP contribution in [0.25, 0.3) is 0 Å². The third-order valence-electron chi connectivity index (χ3n) is 3.17. The Hall–Kier alpha value is -1.53. The number of rotatable bonds is 4. The lowest BCUT2D eigenvalue weighted by atomic mass is 10.2. The largest absolute Gasteiger partial charge is 0.382 e. The molecule has 0 fully saturated rings. The van der Waals surface area contributed by atoms with E-state index in [1.807, 2.05) is 31.2 Å². The minimum absolute atomic E-state index is 0.111. The van der Waals surface area contributed by atoms with Crippen molar-refractivity contribution in [3.05, 3.63) is 51.4 Å². The van der Waals surface area contributed by atoms with Crippen molar-refractivity contribution in [3.63, 3.8) is 0 Å². The molecule has 0 amide bonds. The van der Waals surface area contributed by atoms with Crippen molar-refractivity contribution in [2.75, 3.05) is 19.8 Å². The Labute approximate surface area is 135 Å². The van der Waals surface area contributed by atoms with Crippen molar-refractivity contribution in [2.45, 2.75) is 18.7 Å². The van der Waals surface area contributed by atoms with Gasteiger partial charge in [-0.15, -0.1) is 0 Å². The van der Waals surface area contributed by atoms with Crippen LogP contribution in [0.4, 0.5) is 0 Å². The van der Waals surface area contributed by atoms with Gasteiger partial charge in [0.05, 0.1) is 10.7 Å². The number of carbonyl (C=O) groups is 1. The molecular weight excluding hydrogens is 318 g/mol. The van der Waals surface area contributed by atoms with Crippen LogP contribution in [0.2, 0.25) is 0 Å². The molecule has 2 rings (SSSR count). The summed E-state index contributed by atoms with van der Waals surface area (Å²) in [7, 11) is 0.0328. The van der Waals surface area contributed by atoms with Crippen molar-refractivity contribution in [1.82, 2.24) is 4.90 Å². The number of nitrogens with zero attached hydrogens (tertiary/aromatic N) is 1. The van der Waals surface area contributed by atoms with E-state index < -0.39 is 9.84 Å². The lowest BCUT2D eigenvalue weighted by Gasteiger charge is -2.08. The molecule has 1 aromatic carbocycles. The van der Waals surface area contributed by atoms with Crippen LogP contribution in [-0.2, 0) is 14.6 Å². The van der Waals surface area contributed by atoms with Crippen LogP contribution in [-0.4, -0.2) is 38.9 Å². The third kappa shape index (κ3) is 3.62. The van der Waals surface area contributed by atoms with Crippen molar-refractivity contribution in [2.24, 2.45) is 0 Å². The first-order valence-electron chi connectivity index (χ1n) is 6.80. The third-order valence-corrected chi connectivity index (χ3v) is 6.10. The average Bonchev–Trinajstić information content (AvgIpc) is 2.63. The van der Waals surface area contributed by atoms with E-state index in [1.54, 1.807) is 19.0 Å². The molecule has 6 heteroatoms. The normalized spacial score (nSPS) is 18.8. The number of hydrogen-bond donors (Lipinski definition) is 0. The summed E-state index contributed by atoms with van der Waals surface area (Å²) < 4.78 is 24.7. The monoisotopic (exact) mass is 337 g/mol. The Morgan fingerprint density at radius 1 is 1.23 bits per heavy atom. The molecule has 0 saturated carbocycles. The number of thioether (sulfide) groups is 1. The van der Waals surface area contributed by atoms with Crippen LogP contribution >= 0.6 is 11.8 Å². The van der Waals surface area contributed by atoms with Crippen LogP contribution in [0.15, 0.2) is 50.7 Å². The predicted molar refractivity (Wildman–Crippen MR) is 90.3 cm³/mol. The van der Waals surface area contributed by atoms with E-state index in [4.69, 9.17) is 0 Å². The Morgan fingerprint density at radius 3 is 2.32 bits per heavy atom. The molecular formula is C16H19NO3S2. The lowest BCUT2D eigenvalue weighted by Crippen LogP contribution is -2.11. The molecule has 1 heterocycles. The van der Waals surface area contributed by atoms with Gasteiger partial charge in [-0.1, -0.05) is 29.5 Å². The molecule has 0 spiro atoms. The van der Waals surface area contributed by atoms with E-state index in [9.17, 15) is 13.2 Å². The Balaban J connectivity index is 2.48. The number of ketones is 1. The van der Waals surface area contributed by atoms with E-state index in [0.29, 0.717) is 10.5 Å². The smallest absolute Gasteiger partial charge is 0.185 e. The highest BCUT2D eigenvalue weighted by atomic mass is 32.2. The van der Waals surface area contributed by atoms with Gasteiger partial charge in [-0.05, 0) is 26.0 Å². The first-order valence-corrected chi connectivity index (χ1v) is 9.27. The van der Waals surface area contributed by atoms with E-state index in [-0.39, 0.29) is 16.4 Å². The molecule has 0 atom stereocenters. The number of hydrogen-bond acceptors (Lipinski definition) is 5. The minimum atomic E-state index is -3.45. The maximum absolute atomic E-state index is 12.4. The highest BCUT2D eigenvalue weighted by Gasteiger charge is 2.36. The number of Topliss-reactive ketones (excluding diaryl/α,β-unsaturated/α-hetero) is 1. The summed E-state index contributed by atoms with van der Waals surface area (Å²) in [5.41, 5.74) is 1.46. The fourth-order valence-corrected chi connectivity index (χ4v) is 5.47. The summed E-state index contributed by atoms with van der Waals surface area (Å²) >= 11 is 1.35. The number of benzene rings is 1. The molecule has 0 radical (unpaired) electrons. The van der Waals surface area contributed by atoms with Crippen molar-refractivity contribution in [1.29, 1.82) is 0 Å². The second-order valence-electron chi connectivity index (χ2n) is 5.49. The molecule has 0 N–H and O–H groups in total. The van der Waals surface area contributed by atoms with Crippen LogP contribution in [0.1, 0.15) is 12.5 Å². The van der Waals surface area contributed by atoms with Crippen LogP contribution < -0.4 is 0 Å². The van der Waals surface area contributed by atoms with Crippen LogP contribution in [0.3, 0.4) is 0 Å². The van der Waals surface area contributed by atoms with Gasteiger partial charge in [-0.3, -0.25) is 4.79 Å². The highest BCUT2D eigenvalue weighted by Crippen LogP contribution is 2.40. The van der Waals surface area contributed by atoms with Gasteiger partial charge in [0, 0.05) is 35.7 Å². The van der Waals surface area contributed by atoms with Gasteiger partial charge in [0.1, 0.15) is 0 Å². The zero-order chi connectivity index (χ0) is 16.5. The summed E-state index contributed by atoms with van der Waals surface area (Å²) in [6, 6.07) is 7.81. The summed E-state index contributed by atoms with van der Waals surface area (Å²) in [5, 5.41) is 0. The van der Waals surface area contributed by atoms with Gasteiger partial charge < -0.3 is 4.90 Å². The molecule has 1 aromatic rings. The van der Waals surface area contributed by atoms with Gasteiger partial charge in [0.2, 0.25) is 0 Å². The molecule has 1 aliphatic heterocycles. The van der Waals surface area contributed by atoms with Crippen LogP contribution in [0, 0.1) is 6.92 Å². The van der Waals surface area contributed by atoms with Gasteiger partial charge in [-0.25, -0.2) is 8.42 Å². The van der Waals surface area contributed by atoms with Gasteiger partial charge in [-0.2, -0.15) is 0 Å². The number of carbonyl (C=O) groups excluding carboxylic acids is 1. The van der Waals surface area contributed by atoms with Crippen molar-refractivity contribution < 1.29 is 13.2 Å². The Bertz CT molecular complexity index is 757. The van der Waals surface area contributed by atoms with Crippen molar-refractivity contribution in [3.8, 4) is 0 Å². The van der Waals surface area contributed by atoms with E-state index in [1.165, 1.54) is 24.9 Å². The zero-order valence-electron chi connectivity index (χ0n) is 13.1. The number of allylic oxidation sites excluding steroid dienone is 1. The van der Waals surface area contributed by atoms with E-state index in [2.05, 4.69) is 0 Å².